The van der Waals surface area contributed by atoms with Gasteiger partial charge in [0.25, 0.3) is 0 Å². The number of hydrogen-bond donors (Lipinski definition) is 0. The largest absolute Gasteiger partial charge is 0.295 e. The summed E-state index contributed by atoms with van der Waals surface area (Å²) in [7, 11) is 0. The summed E-state index contributed by atoms with van der Waals surface area (Å²) in [6.07, 6.45) is 8.77. The SMILES string of the molecule is C[C@@H]1CC2=CC(=O)CC[C@@H]2[C@H]2CC[C@@]3(C)[C@@H]([C@@H]4C[C@@H]4[C@]3(C)C#N)[C@@H]21. The highest BCUT2D eigenvalue weighted by atomic mass is 16.1. The summed E-state index contributed by atoms with van der Waals surface area (Å²) in [5, 5.41) is 10.0. The first-order valence-electron chi connectivity index (χ1n) is 10.1. The molecule has 5 rings (SSSR count). The normalized spacial score (nSPS) is 57.8. The molecule has 4 saturated carbocycles. The molecule has 0 amide bonds. The third-order valence-electron chi connectivity index (χ3n) is 9.36. The summed E-state index contributed by atoms with van der Waals surface area (Å²) in [5.41, 5.74) is 1.58. The predicted octanol–water partition coefficient (Wildman–Crippen LogP) is 4.76. The van der Waals surface area contributed by atoms with Gasteiger partial charge in [-0.05, 0) is 91.9 Å². The van der Waals surface area contributed by atoms with Gasteiger partial charge in [-0.1, -0.05) is 19.4 Å². The molecule has 2 heteroatoms. The molecule has 0 radical (unpaired) electrons. The van der Waals surface area contributed by atoms with E-state index < -0.39 is 0 Å². The van der Waals surface area contributed by atoms with Crippen molar-refractivity contribution in [3.63, 3.8) is 0 Å². The van der Waals surface area contributed by atoms with E-state index in [1.807, 2.05) is 6.08 Å². The van der Waals surface area contributed by atoms with Crippen molar-refractivity contribution < 1.29 is 4.79 Å². The zero-order valence-electron chi connectivity index (χ0n) is 15.2. The molecule has 0 aromatic heterocycles. The molecule has 9 atom stereocenters. The highest BCUT2D eigenvalue weighted by Crippen LogP contribution is 2.79. The van der Waals surface area contributed by atoms with Crippen LogP contribution >= 0.6 is 0 Å². The van der Waals surface area contributed by atoms with E-state index >= 15 is 0 Å². The molecule has 5 aliphatic rings. The molecule has 4 fully saturated rings. The van der Waals surface area contributed by atoms with Crippen LogP contribution in [0.3, 0.4) is 0 Å². The molecule has 0 aromatic rings. The Balaban J connectivity index is 1.55. The van der Waals surface area contributed by atoms with Gasteiger partial charge < -0.3 is 0 Å². The molecule has 24 heavy (non-hydrogen) atoms. The number of nitrogens with zero attached hydrogens (tertiary/aromatic N) is 1. The fourth-order valence-corrected chi connectivity index (χ4v) is 8.11. The molecule has 0 spiro atoms. The van der Waals surface area contributed by atoms with Gasteiger partial charge >= 0.3 is 0 Å². The number of allylic oxidation sites excluding steroid dienone is 1. The van der Waals surface area contributed by atoms with Gasteiger partial charge in [-0.15, -0.1) is 0 Å². The second-order valence-corrected chi connectivity index (χ2v) is 10.1. The van der Waals surface area contributed by atoms with Crippen LogP contribution in [-0.4, -0.2) is 5.78 Å². The van der Waals surface area contributed by atoms with E-state index in [2.05, 4.69) is 26.8 Å². The van der Waals surface area contributed by atoms with Crippen molar-refractivity contribution in [2.75, 3.05) is 0 Å². The Bertz CT molecular complexity index is 687. The van der Waals surface area contributed by atoms with Gasteiger partial charge in [0, 0.05) is 6.42 Å². The van der Waals surface area contributed by atoms with Crippen LogP contribution in [0.5, 0.6) is 0 Å². The van der Waals surface area contributed by atoms with Gasteiger partial charge in [0.2, 0.25) is 0 Å². The van der Waals surface area contributed by atoms with Crippen LogP contribution in [0.4, 0.5) is 0 Å². The molecule has 0 aromatic carbocycles. The summed E-state index contributed by atoms with van der Waals surface area (Å²) in [4.78, 5) is 11.9. The lowest BCUT2D eigenvalue weighted by Crippen LogP contribution is -2.52. The minimum Gasteiger partial charge on any atom is -0.295 e. The van der Waals surface area contributed by atoms with Crippen LogP contribution in [-0.2, 0) is 4.79 Å². The van der Waals surface area contributed by atoms with Crippen molar-refractivity contribution in [2.24, 2.45) is 52.3 Å². The van der Waals surface area contributed by atoms with Crippen LogP contribution in [0.15, 0.2) is 11.6 Å². The first kappa shape index (κ1) is 15.2. The number of carbonyl (C=O) groups excluding carboxylic acids is 1. The number of nitriles is 1. The van der Waals surface area contributed by atoms with Crippen LogP contribution in [0, 0.1) is 63.6 Å². The number of ketones is 1. The second-order valence-electron chi connectivity index (χ2n) is 10.1. The lowest BCUT2D eigenvalue weighted by Gasteiger charge is -2.58. The summed E-state index contributed by atoms with van der Waals surface area (Å²) in [6, 6.07) is 2.79. The van der Waals surface area contributed by atoms with E-state index in [-0.39, 0.29) is 10.8 Å². The zero-order valence-corrected chi connectivity index (χ0v) is 15.2. The van der Waals surface area contributed by atoms with Gasteiger partial charge in [0.05, 0.1) is 11.5 Å². The molecule has 0 aliphatic heterocycles. The average Bonchev–Trinajstić information content (AvgIpc) is 3.31. The van der Waals surface area contributed by atoms with Gasteiger partial charge in [-0.2, -0.15) is 5.26 Å². The summed E-state index contributed by atoms with van der Waals surface area (Å²) in [5.74, 6) is 5.47. The fraction of sp³-hybridized carbons (Fsp3) is 0.818. The molecular weight excluding hydrogens is 294 g/mol. The Kier molecular flexibility index (Phi) is 2.87. The number of carbonyl (C=O) groups is 1. The van der Waals surface area contributed by atoms with Gasteiger partial charge in [-0.3, -0.25) is 4.79 Å². The highest BCUT2D eigenvalue weighted by molar-refractivity contribution is 5.91. The minimum absolute atomic E-state index is 0.105. The lowest BCUT2D eigenvalue weighted by molar-refractivity contribution is -0.116. The molecule has 5 aliphatic carbocycles. The Morgan fingerprint density at radius 3 is 2.79 bits per heavy atom. The fourth-order valence-electron chi connectivity index (χ4n) is 8.11. The Hall–Kier alpha value is -1.10. The molecule has 128 valence electrons. The maximum absolute atomic E-state index is 11.9. The van der Waals surface area contributed by atoms with E-state index in [1.165, 1.54) is 24.8 Å². The maximum atomic E-state index is 11.9. The van der Waals surface area contributed by atoms with E-state index in [1.54, 1.807) is 0 Å². The Labute approximate surface area is 145 Å². The van der Waals surface area contributed by atoms with E-state index in [9.17, 15) is 10.1 Å². The predicted molar refractivity (Wildman–Crippen MR) is 92.7 cm³/mol. The molecule has 0 heterocycles. The summed E-state index contributed by atoms with van der Waals surface area (Å²) >= 11 is 0. The Morgan fingerprint density at radius 1 is 1.25 bits per heavy atom. The van der Waals surface area contributed by atoms with Crippen LogP contribution in [0.2, 0.25) is 0 Å². The molecule has 0 saturated heterocycles. The monoisotopic (exact) mass is 323 g/mol. The van der Waals surface area contributed by atoms with Crippen molar-refractivity contribution in [3.05, 3.63) is 11.6 Å². The topological polar surface area (TPSA) is 40.9 Å². The van der Waals surface area contributed by atoms with Crippen LogP contribution < -0.4 is 0 Å². The standard InChI is InChI=1S/C22H29NO/c1-12-8-13-9-14(24)4-5-15(13)16-6-7-21(2)20(19(12)16)17-10-18(17)22(21,3)11-23/h9,12,15-20H,4-8,10H2,1-3H3/t12-,15+,16-,17-,18+,19-,20+,21+,22+/m1/s1. The van der Waals surface area contributed by atoms with Gasteiger partial charge in [-0.25, -0.2) is 0 Å². The lowest BCUT2D eigenvalue weighted by atomic mass is 9.45. The molecular formula is C22H29NO. The smallest absolute Gasteiger partial charge is 0.155 e. The molecule has 0 N–H and O–H groups in total. The minimum atomic E-state index is -0.105. The quantitative estimate of drug-likeness (QED) is 0.645. The summed E-state index contributed by atoms with van der Waals surface area (Å²) < 4.78 is 0. The number of hydrogen-bond acceptors (Lipinski definition) is 2. The van der Waals surface area contributed by atoms with Crippen LogP contribution in [0.1, 0.15) is 59.3 Å². The van der Waals surface area contributed by atoms with E-state index in [0.717, 1.165) is 42.9 Å². The van der Waals surface area contributed by atoms with Crippen molar-refractivity contribution in [2.45, 2.75) is 59.3 Å². The third kappa shape index (κ3) is 1.60. The maximum Gasteiger partial charge on any atom is 0.155 e. The molecule has 2 nitrogen and oxygen atoms in total. The van der Waals surface area contributed by atoms with E-state index in [4.69, 9.17) is 0 Å². The second kappa shape index (κ2) is 4.54. The van der Waals surface area contributed by atoms with E-state index in [0.29, 0.717) is 23.5 Å². The zero-order chi connectivity index (χ0) is 16.9. The molecule has 0 unspecified atom stereocenters. The van der Waals surface area contributed by atoms with Crippen molar-refractivity contribution >= 4 is 5.78 Å². The molecule has 0 bridgehead atoms. The number of fused-ring (bicyclic) bond motifs is 7. The van der Waals surface area contributed by atoms with Gasteiger partial charge in [0.1, 0.15) is 0 Å². The average molecular weight is 323 g/mol. The van der Waals surface area contributed by atoms with Gasteiger partial charge in [0.15, 0.2) is 5.78 Å². The summed E-state index contributed by atoms with van der Waals surface area (Å²) in [6.45, 7) is 7.15. The van der Waals surface area contributed by atoms with Crippen LogP contribution in [0.25, 0.3) is 0 Å². The number of rotatable bonds is 0. The Morgan fingerprint density at radius 2 is 2.04 bits per heavy atom. The first-order chi connectivity index (χ1) is 11.4. The van der Waals surface area contributed by atoms with Crippen molar-refractivity contribution in [3.8, 4) is 6.07 Å². The third-order valence-corrected chi connectivity index (χ3v) is 9.36. The van der Waals surface area contributed by atoms with Crippen molar-refractivity contribution in [1.82, 2.24) is 0 Å². The first-order valence-corrected chi connectivity index (χ1v) is 10.1. The highest BCUT2D eigenvalue weighted by Gasteiger charge is 2.75. The van der Waals surface area contributed by atoms with Crippen molar-refractivity contribution in [1.29, 1.82) is 5.26 Å².